The van der Waals surface area contributed by atoms with Gasteiger partial charge in [0, 0.05) is 6.42 Å². The molecule has 26 heavy (non-hydrogen) atoms. The van der Waals surface area contributed by atoms with Crippen LogP contribution in [0.2, 0.25) is 0 Å². The smallest absolute Gasteiger partial charge is 0.306 e. The van der Waals surface area contributed by atoms with Gasteiger partial charge in [0.15, 0.2) is 0 Å². The zero-order valence-electron chi connectivity index (χ0n) is 15.3. The molecule has 5 atom stereocenters. The van der Waals surface area contributed by atoms with Gasteiger partial charge in [0.05, 0.1) is 12.2 Å². The molecule has 0 bridgehead atoms. The number of fused-ring (bicyclic) bond motifs is 1. The van der Waals surface area contributed by atoms with Crippen LogP contribution in [0.1, 0.15) is 50.5 Å². The molecule has 4 heteroatoms. The monoisotopic (exact) mass is 358 g/mol. The van der Waals surface area contributed by atoms with Gasteiger partial charge in [-0.3, -0.25) is 4.79 Å². The average Bonchev–Trinajstić information content (AvgIpc) is 2.89. The summed E-state index contributed by atoms with van der Waals surface area (Å²) in [4.78, 5) is 12.1. The van der Waals surface area contributed by atoms with Crippen molar-refractivity contribution < 1.29 is 19.7 Å². The van der Waals surface area contributed by atoms with Gasteiger partial charge in [-0.2, -0.15) is 0 Å². The number of ether oxygens (including phenoxy) is 1. The first-order valence-corrected chi connectivity index (χ1v) is 9.88. The lowest BCUT2D eigenvalue weighted by atomic mass is 9.85. The molecule has 0 saturated heterocycles. The van der Waals surface area contributed by atoms with E-state index in [1.54, 1.807) is 0 Å². The number of allylic oxidation sites excluding steroid dienone is 2. The number of carbonyl (C=O) groups excluding carboxylic acids is 1. The minimum Gasteiger partial charge on any atom is -0.462 e. The second-order valence-corrected chi connectivity index (χ2v) is 7.66. The summed E-state index contributed by atoms with van der Waals surface area (Å²) in [5, 5.41) is 20.6. The maximum atomic E-state index is 12.1. The molecule has 0 amide bonds. The van der Waals surface area contributed by atoms with Gasteiger partial charge in [0.2, 0.25) is 0 Å². The third-order valence-electron chi connectivity index (χ3n) is 5.83. The molecule has 1 saturated carbocycles. The van der Waals surface area contributed by atoms with E-state index < -0.39 is 12.2 Å². The highest BCUT2D eigenvalue weighted by Gasteiger charge is 2.40. The van der Waals surface area contributed by atoms with Gasteiger partial charge in [-0.15, -0.1) is 0 Å². The third-order valence-corrected chi connectivity index (χ3v) is 5.83. The molecule has 2 aliphatic rings. The van der Waals surface area contributed by atoms with Gasteiger partial charge in [-0.25, -0.2) is 0 Å². The first-order valence-electron chi connectivity index (χ1n) is 9.88. The summed E-state index contributed by atoms with van der Waals surface area (Å²) in [7, 11) is 0. The number of carbonyl (C=O) groups is 1. The van der Waals surface area contributed by atoms with Crippen molar-refractivity contribution >= 4 is 5.97 Å². The Morgan fingerprint density at radius 1 is 1.00 bits per heavy atom. The van der Waals surface area contributed by atoms with Gasteiger partial charge in [0.1, 0.15) is 6.10 Å². The number of hydrogen-bond acceptors (Lipinski definition) is 4. The lowest BCUT2D eigenvalue weighted by Crippen LogP contribution is -2.26. The molecule has 0 spiro atoms. The van der Waals surface area contributed by atoms with Gasteiger partial charge >= 0.3 is 5.97 Å². The van der Waals surface area contributed by atoms with Crippen molar-refractivity contribution in [3.05, 3.63) is 48.0 Å². The van der Waals surface area contributed by atoms with Crippen LogP contribution in [0.5, 0.6) is 0 Å². The molecule has 1 heterocycles. The standard InChI is InChI=1S/C22H30O4/c23-20-15-21(24)19-14-13-17(12-11-16-7-3-1-4-8-16)26-22(25)10-6-2-5-9-18(19)20/h1-5,7-8,17-21,23-24H,6,9-15H2/t17-,18+,19?,20-,21+/m0/s1. The van der Waals surface area contributed by atoms with Gasteiger partial charge in [-0.1, -0.05) is 42.5 Å². The zero-order valence-corrected chi connectivity index (χ0v) is 15.3. The van der Waals surface area contributed by atoms with Crippen LogP contribution in [0, 0.1) is 11.8 Å². The van der Waals surface area contributed by atoms with Crippen LogP contribution in [-0.2, 0) is 16.0 Å². The lowest BCUT2D eigenvalue weighted by Gasteiger charge is -2.26. The van der Waals surface area contributed by atoms with Crippen LogP contribution in [0.4, 0.5) is 0 Å². The summed E-state index contributed by atoms with van der Waals surface area (Å²) in [5.41, 5.74) is 1.24. The summed E-state index contributed by atoms with van der Waals surface area (Å²) in [5.74, 6) is 0.0370. The van der Waals surface area contributed by atoms with Crippen molar-refractivity contribution in [2.45, 2.75) is 69.7 Å². The molecule has 1 unspecified atom stereocenters. The molecular weight excluding hydrogens is 328 g/mol. The number of rotatable bonds is 3. The van der Waals surface area contributed by atoms with Crippen molar-refractivity contribution in [1.29, 1.82) is 0 Å². The number of cyclic esters (lactones) is 1. The number of aliphatic hydroxyl groups is 2. The van der Waals surface area contributed by atoms with Crippen LogP contribution >= 0.6 is 0 Å². The molecule has 2 N–H and O–H groups in total. The van der Waals surface area contributed by atoms with E-state index in [2.05, 4.69) is 12.1 Å². The van der Waals surface area contributed by atoms with Gasteiger partial charge in [0.25, 0.3) is 0 Å². The van der Waals surface area contributed by atoms with E-state index >= 15 is 0 Å². The van der Waals surface area contributed by atoms with E-state index in [9.17, 15) is 15.0 Å². The van der Waals surface area contributed by atoms with Gasteiger partial charge in [-0.05, 0) is 62.3 Å². The normalized spacial score (nSPS) is 33.0. The summed E-state index contributed by atoms with van der Waals surface area (Å²) in [6, 6.07) is 10.2. The maximum absolute atomic E-state index is 12.1. The van der Waals surface area contributed by atoms with E-state index in [1.807, 2.05) is 30.4 Å². The van der Waals surface area contributed by atoms with Crippen molar-refractivity contribution in [2.24, 2.45) is 11.8 Å². The summed E-state index contributed by atoms with van der Waals surface area (Å²) < 4.78 is 5.74. The zero-order chi connectivity index (χ0) is 18.4. The first-order chi connectivity index (χ1) is 12.6. The first kappa shape index (κ1) is 19.1. The van der Waals surface area contributed by atoms with Crippen LogP contribution in [0.15, 0.2) is 42.5 Å². The number of benzene rings is 1. The van der Waals surface area contributed by atoms with Crippen molar-refractivity contribution in [3.8, 4) is 0 Å². The fourth-order valence-electron chi connectivity index (χ4n) is 4.34. The Morgan fingerprint density at radius 2 is 1.77 bits per heavy atom. The largest absolute Gasteiger partial charge is 0.462 e. The lowest BCUT2D eigenvalue weighted by molar-refractivity contribution is -0.149. The van der Waals surface area contributed by atoms with Crippen LogP contribution in [-0.4, -0.2) is 34.5 Å². The number of aryl methyl sites for hydroxylation is 1. The highest BCUT2D eigenvalue weighted by Crippen LogP contribution is 2.39. The molecule has 1 aliphatic heterocycles. The van der Waals surface area contributed by atoms with E-state index in [4.69, 9.17) is 4.74 Å². The summed E-state index contributed by atoms with van der Waals surface area (Å²) in [6.45, 7) is 0. The Balaban J connectivity index is 1.66. The SMILES string of the molecule is O=C1CCC=CC[C@@H]2C(CC[C@H](CCc3ccccc3)O1)[C@H](O)C[C@@H]2O. The van der Waals surface area contributed by atoms with E-state index in [-0.39, 0.29) is 23.9 Å². The number of hydrogen-bond donors (Lipinski definition) is 2. The maximum Gasteiger partial charge on any atom is 0.306 e. The predicted molar refractivity (Wildman–Crippen MR) is 100 cm³/mol. The molecule has 0 radical (unpaired) electrons. The van der Waals surface area contributed by atoms with E-state index in [0.29, 0.717) is 19.3 Å². The molecule has 0 aromatic heterocycles. The van der Waals surface area contributed by atoms with Crippen molar-refractivity contribution in [3.63, 3.8) is 0 Å². The molecule has 1 aliphatic carbocycles. The molecule has 1 aromatic rings. The highest BCUT2D eigenvalue weighted by molar-refractivity contribution is 5.69. The molecule has 1 fully saturated rings. The van der Waals surface area contributed by atoms with Crippen LogP contribution in [0.3, 0.4) is 0 Å². The van der Waals surface area contributed by atoms with Crippen LogP contribution in [0.25, 0.3) is 0 Å². The minimum absolute atomic E-state index is 0.0759. The average molecular weight is 358 g/mol. The quantitative estimate of drug-likeness (QED) is 0.642. The number of esters is 1. The topological polar surface area (TPSA) is 66.8 Å². The van der Waals surface area contributed by atoms with Crippen molar-refractivity contribution in [1.82, 2.24) is 0 Å². The Labute approximate surface area is 155 Å². The predicted octanol–water partition coefficient (Wildman–Crippen LogP) is 3.41. The second kappa shape index (κ2) is 9.33. The Hall–Kier alpha value is -1.65. The summed E-state index contributed by atoms with van der Waals surface area (Å²) in [6.07, 6.45) is 8.50. The second-order valence-electron chi connectivity index (χ2n) is 7.66. The van der Waals surface area contributed by atoms with E-state index in [1.165, 1.54) is 5.56 Å². The van der Waals surface area contributed by atoms with Crippen LogP contribution < -0.4 is 0 Å². The molecule has 142 valence electrons. The fraction of sp³-hybridized carbons (Fsp3) is 0.591. The Bertz CT molecular complexity index is 597. The van der Waals surface area contributed by atoms with E-state index in [0.717, 1.165) is 32.1 Å². The molecule has 3 rings (SSSR count). The Kier molecular flexibility index (Phi) is 6.86. The third kappa shape index (κ3) is 5.18. The molecular formula is C22H30O4. The Morgan fingerprint density at radius 3 is 2.58 bits per heavy atom. The summed E-state index contributed by atoms with van der Waals surface area (Å²) >= 11 is 0. The highest BCUT2D eigenvalue weighted by atomic mass is 16.5. The van der Waals surface area contributed by atoms with Crippen molar-refractivity contribution in [2.75, 3.05) is 0 Å². The van der Waals surface area contributed by atoms with Gasteiger partial charge < -0.3 is 14.9 Å². The minimum atomic E-state index is -0.461. The fourth-order valence-corrected chi connectivity index (χ4v) is 4.34. The molecule has 4 nitrogen and oxygen atoms in total. The molecule has 1 aromatic carbocycles. The number of aliphatic hydroxyl groups excluding tert-OH is 2.